The van der Waals surface area contributed by atoms with Crippen LogP contribution in [0.5, 0.6) is 0 Å². The molecule has 1 aromatic heterocycles. The summed E-state index contributed by atoms with van der Waals surface area (Å²) in [5, 5.41) is 11.2. The van der Waals surface area contributed by atoms with Crippen LogP contribution in [0.15, 0.2) is 18.2 Å². The quantitative estimate of drug-likeness (QED) is 0.827. The molecule has 14 heavy (non-hydrogen) atoms. The first kappa shape index (κ1) is 10.1. The summed E-state index contributed by atoms with van der Waals surface area (Å²) in [6.45, 7) is 2.23. The van der Waals surface area contributed by atoms with Crippen molar-refractivity contribution in [1.82, 2.24) is 0 Å². The average Bonchev–Trinajstić information content (AvgIpc) is 2.54. The smallest absolute Gasteiger partial charge is 0.0685 e. The fourth-order valence-electron chi connectivity index (χ4n) is 1.58. The highest BCUT2D eigenvalue weighted by Gasteiger charge is 2.05. The highest BCUT2D eigenvalue weighted by molar-refractivity contribution is 9.08. The molecule has 0 atom stereocenters. The van der Waals surface area contributed by atoms with Crippen molar-refractivity contribution >= 4 is 37.4 Å². The van der Waals surface area contributed by atoms with E-state index in [0.717, 1.165) is 10.9 Å². The lowest BCUT2D eigenvalue weighted by atomic mass is 10.1. The second-order valence-electron chi connectivity index (χ2n) is 3.31. The Morgan fingerprint density at radius 3 is 2.71 bits per heavy atom. The van der Waals surface area contributed by atoms with Gasteiger partial charge in [0.25, 0.3) is 0 Å². The lowest BCUT2D eigenvalue weighted by Gasteiger charge is -2.03. The van der Waals surface area contributed by atoms with Crippen molar-refractivity contribution in [1.29, 1.82) is 0 Å². The zero-order valence-electron chi connectivity index (χ0n) is 7.88. The molecule has 3 heteroatoms. The molecule has 2 aromatic rings. The van der Waals surface area contributed by atoms with Gasteiger partial charge in [-0.15, -0.1) is 11.3 Å². The number of hydrogen-bond acceptors (Lipinski definition) is 2. The first-order valence-corrected chi connectivity index (χ1v) is 6.37. The van der Waals surface area contributed by atoms with E-state index >= 15 is 0 Å². The Balaban J connectivity index is 2.68. The van der Waals surface area contributed by atoms with E-state index < -0.39 is 0 Å². The number of fused-ring (bicyclic) bond motifs is 1. The summed E-state index contributed by atoms with van der Waals surface area (Å²) in [6.07, 6.45) is 0. The standard InChI is InChI=1S/C11H11BrOS/c1-7-2-8-3-10(6-13)9(5-12)4-11(8)14-7/h2-4,13H,5-6H2,1H3. The molecule has 2 rings (SSSR count). The number of rotatable bonds is 2. The molecule has 0 aliphatic heterocycles. The van der Waals surface area contributed by atoms with Gasteiger partial charge in [0.15, 0.2) is 0 Å². The van der Waals surface area contributed by atoms with Crippen LogP contribution in [0.25, 0.3) is 10.1 Å². The number of thiophene rings is 1. The van der Waals surface area contributed by atoms with Crippen molar-refractivity contribution in [3.05, 3.63) is 34.2 Å². The minimum absolute atomic E-state index is 0.117. The summed E-state index contributed by atoms with van der Waals surface area (Å²) in [6, 6.07) is 6.40. The Morgan fingerprint density at radius 1 is 1.29 bits per heavy atom. The molecule has 0 bridgehead atoms. The first-order valence-electron chi connectivity index (χ1n) is 4.43. The summed E-state index contributed by atoms with van der Waals surface area (Å²) in [7, 11) is 0. The van der Waals surface area contributed by atoms with Crippen molar-refractivity contribution in [3.63, 3.8) is 0 Å². The van der Waals surface area contributed by atoms with Crippen LogP contribution >= 0.6 is 27.3 Å². The van der Waals surface area contributed by atoms with Crippen molar-refractivity contribution < 1.29 is 5.11 Å². The highest BCUT2D eigenvalue weighted by Crippen LogP contribution is 2.29. The van der Waals surface area contributed by atoms with Crippen LogP contribution in [0.3, 0.4) is 0 Å². The van der Waals surface area contributed by atoms with Gasteiger partial charge in [-0.3, -0.25) is 0 Å². The fourth-order valence-corrected chi connectivity index (χ4v) is 3.07. The Bertz CT molecular complexity index is 421. The Labute approximate surface area is 95.5 Å². The minimum atomic E-state index is 0.117. The van der Waals surface area contributed by atoms with Crippen molar-refractivity contribution in [2.45, 2.75) is 18.9 Å². The maximum absolute atomic E-state index is 9.20. The fraction of sp³-hybridized carbons (Fsp3) is 0.273. The van der Waals surface area contributed by atoms with Crippen LogP contribution in [-0.2, 0) is 11.9 Å². The molecule has 0 saturated carbocycles. The summed E-state index contributed by atoms with van der Waals surface area (Å²) in [5.74, 6) is 0. The van der Waals surface area contributed by atoms with Gasteiger partial charge in [0.1, 0.15) is 0 Å². The molecule has 74 valence electrons. The molecule has 0 aliphatic rings. The number of benzene rings is 1. The molecule has 0 unspecified atom stereocenters. The van der Waals surface area contributed by atoms with Gasteiger partial charge in [0.05, 0.1) is 6.61 Å². The van der Waals surface area contributed by atoms with Gasteiger partial charge in [0, 0.05) is 14.9 Å². The lowest BCUT2D eigenvalue weighted by Crippen LogP contribution is -1.89. The predicted octanol–water partition coefficient (Wildman–Crippen LogP) is 3.60. The number of aryl methyl sites for hydroxylation is 1. The zero-order valence-corrected chi connectivity index (χ0v) is 10.3. The zero-order chi connectivity index (χ0) is 10.1. The third kappa shape index (κ3) is 1.72. The monoisotopic (exact) mass is 270 g/mol. The Hall–Kier alpha value is -0.380. The van der Waals surface area contributed by atoms with Gasteiger partial charge < -0.3 is 5.11 Å². The lowest BCUT2D eigenvalue weighted by molar-refractivity contribution is 0.281. The van der Waals surface area contributed by atoms with E-state index in [4.69, 9.17) is 0 Å². The van der Waals surface area contributed by atoms with Gasteiger partial charge in [-0.05, 0) is 41.6 Å². The average molecular weight is 271 g/mol. The van der Waals surface area contributed by atoms with Crippen LogP contribution in [-0.4, -0.2) is 5.11 Å². The molecule has 0 amide bonds. The van der Waals surface area contributed by atoms with Gasteiger partial charge in [-0.1, -0.05) is 15.9 Å². The van der Waals surface area contributed by atoms with Gasteiger partial charge in [0.2, 0.25) is 0 Å². The molecule has 0 saturated heterocycles. The molecule has 1 aromatic carbocycles. The van der Waals surface area contributed by atoms with E-state index in [0.29, 0.717) is 0 Å². The maximum atomic E-state index is 9.20. The van der Waals surface area contributed by atoms with Crippen LogP contribution in [0.4, 0.5) is 0 Å². The minimum Gasteiger partial charge on any atom is -0.392 e. The second kappa shape index (κ2) is 4.01. The first-order chi connectivity index (χ1) is 6.74. The van der Waals surface area contributed by atoms with Crippen molar-refractivity contribution in [2.24, 2.45) is 0 Å². The molecule has 0 spiro atoms. The predicted molar refractivity (Wildman–Crippen MR) is 65.1 cm³/mol. The van der Waals surface area contributed by atoms with Crippen molar-refractivity contribution in [3.8, 4) is 0 Å². The van der Waals surface area contributed by atoms with E-state index in [-0.39, 0.29) is 6.61 Å². The number of aliphatic hydroxyl groups is 1. The maximum Gasteiger partial charge on any atom is 0.0685 e. The third-order valence-corrected chi connectivity index (χ3v) is 3.89. The number of halogens is 1. The van der Waals surface area contributed by atoms with E-state index in [1.807, 2.05) is 0 Å². The summed E-state index contributed by atoms with van der Waals surface area (Å²) in [4.78, 5) is 1.32. The van der Waals surface area contributed by atoms with E-state index in [1.165, 1.54) is 20.5 Å². The second-order valence-corrected chi connectivity index (χ2v) is 5.16. The molecule has 0 fully saturated rings. The number of alkyl halides is 1. The van der Waals surface area contributed by atoms with Crippen molar-refractivity contribution in [2.75, 3.05) is 0 Å². The highest BCUT2D eigenvalue weighted by atomic mass is 79.9. The Kier molecular flexibility index (Phi) is 2.91. The Morgan fingerprint density at radius 2 is 2.07 bits per heavy atom. The molecule has 0 aliphatic carbocycles. The molecular formula is C11H11BrOS. The summed E-state index contributed by atoms with van der Waals surface area (Å²) >= 11 is 5.23. The van der Waals surface area contributed by atoms with Crippen LogP contribution < -0.4 is 0 Å². The van der Waals surface area contributed by atoms with Crippen LogP contribution in [0.2, 0.25) is 0 Å². The van der Waals surface area contributed by atoms with Gasteiger partial charge >= 0.3 is 0 Å². The molecule has 1 nitrogen and oxygen atoms in total. The van der Waals surface area contributed by atoms with E-state index in [2.05, 4.69) is 41.1 Å². The SMILES string of the molecule is Cc1cc2cc(CO)c(CBr)cc2s1. The van der Waals surface area contributed by atoms with Crippen LogP contribution in [0.1, 0.15) is 16.0 Å². The number of hydrogen-bond donors (Lipinski definition) is 1. The topological polar surface area (TPSA) is 20.2 Å². The normalized spacial score (nSPS) is 11.1. The molecule has 1 N–H and O–H groups in total. The third-order valence-electron chi connectivity index (χ3n) is 2.28. The van der Waals surface area contributed by atoms with Crippen LogP contribution in [0, 0.1) is 6.92 Å². The molecule has 1 heterocycles. The van der Waals surface area contributed by atoms with E-state index in [1.54, 1.807) is 11.3 Å². The van der Waals surface area contributed by atoms with Gasteiger partial charge in [-0.2, -0.15) is 0 Å². The molecular weight excluding hydrogens is 260 g/mol. The van der Waals surface area contributed by atoms with E-state index in [9.17, 15) is 5.11 Å². The number of aliphatic hydroxyl groups excluding tert-OH is 1. The summed E-state index contributed by atoms with van der Waals surface area (Å²) in [5.41, 5.74) is 2.20. The van der Waals surface area contributed by atoms with Gasteiger partial charge in [-0.25, -0.2) is 0 Å². The molecule has 0 radical (unpaired) electrons. The summed E-state index contributed by atoms with van der Waals surface area (Å²) < 4.78 is 1.30. The largest absolute Gasteiger partial charge is 0.392 e.